The standard InChI is InChI=1S/C27H30N2O3/c1-2-3-4-5-6-22-7-11-24(12-8-22)28-29-25-13-17-27(18-14-25)32-20-19-31-26-15-9-23(21-30)10-16-26/h7-18,21H,2-6,19-20H2,1H3. The molecule has 5 heteroatoms. The van der Waals surface area contributed by atoms with Crippen molar-refractivity contribution in [1.29, 1.82) is 0 Å². The second-order valence-corrected chi connectivity index (χ2v) is 7.55. The molecule has 0 aliphatic rings. The zero-order chi connectivity index (χ0) is 22.4. The predicted molar refractivity (Wildman–Crippen MR) is 128 cm³/mol. The first-order chi connectivity index (χ1) is 15.8. The quantitative estimate of drug-likeness (QED) is 0.160. The average Bonchev–Trinajstić information content (AvgIpc) is 2.85. The number of aryl methyl sites for hydroxylation is 1. The molecule has 0 aliphatic heterocycles. The molecular weight excluding hydrogens is 400 g/mol. The summed E-state index contributed by atoms with van der Waals surface area (Å²) in [7, 11) is 0. The summed E-state index contributed by atoms with van der Waals surface area (Å²) in [5.41, 5.74) is 3.60. The number of ether oxygens (including phenoxy) is 2. The normalized spacial score (nSPS) is 10.9. The molecular formula is C27H30N2O3. The van der Waals surface area contributed by atoms with E-state index >= 15 is 0 Å². The van der Waals surface area contributed by atoms with Gasteiger partial charge < -0.3 is 9.47 Å². The van der Waals surface area contributed by atoms with Crippen molar-refractivity contribution >= 4 is 17.7 Å². The Morgan fingerprint density at radius 2 is 1.22 bits per heavy atom. The third-order valence-corrected chi connectivity index (χ3v) is 5.01. The molecule has 166 valence electrons. The summed E-state index contributed by atoms with van der Waals surface area (Å²) in [5.74, 6) is 1.45. The summed E-state index contributed by atoms with van der Waals surface area (Å²) in [6, 6.07) is 22.8. The third-order valence-electron chi connectivity index (χ3n) is 5.01. The van der Waals surface area contributed by atoms with Gasteiger partial charge in [-0.2, -0.15) is 10.2 Å². The van der Waals surface area contributed by atoms with Gasteiger partial charge in [-0.05, 0) is 79.1 Å². The molecule has 5 nitrogen and oxygen atoms in total. The van der Waals surface area contributed by atoms with E-state index in [1.54, 1.807) is 24.3 Å². The number of azo groups is 1. The van der Waals surface area contributed by atoms with Crippen molar-refractivity contribution in [3.05, 3.63) is 83.9 Å². The molecule has 0 spiro atoms. The van der Waals surface area contributed by atoms with Crippen molar-refractivity contribution in [3.8, 4) is 11.5 Å². The Labute approximate surface area is 190 Å². The topological polar surface area (TPSA) is 60.3 Å². The number of benzene rings is 3. The van der Waals surface area contributed by atoms with E-state index in [-0.39, 0.29) is 0 Å². The first kappa shape index (κ1) is 23.2. The summed E-state index contributed by atoms with van der Waals surface area (Å²) in [5, 5.41) is 8.62. The van der Waals surface area contributed by atoms with E-state index < -0.39 is 0 Å². The van der Waals surface area contributed by atoms with Crippen LogP contribution in [0.5, 0.6) is 11.5 Å². The molecule has 0 aliphatic carbocycles. The van der Waals surface area contributed by atoms with Crippen LogP contribution in [0.15, 0.2) is 83.0 Å². The van der Waals surface area contributed by atoms with Gasteiger partial charge in [0.15, 0.2) is 0 Å². The molecule has 0 saturated heterocycles. The number of carbonyl (C=O) groups is 1. The second kappa shape index (κ2) is 13.1. The van der Waals surface area contributed by atoms with E-state index in [1.807, 2.05) is 36.4 Å². The fraction of sp³-hybridized carbons (Fsp3) is 0.296. The number of nitrogens with zero attached hydrogens (tertiary/aromatic N) is 2. The Morgan fingerprint density at radius 1 is 0.688 bits per heavy atom. The van der Waals surface area contributed by atoms with Crippen LogP contribution in [-0.4, -0.2) is 19.5 Å². The second-order valence-electron chi connectivity index (χ2n) is 7.55. The minimum atomic E-state index is 0.413. The molecule has 0 atom stereocenters. The predicted octanol–water partition coefficient (Wildman–Crippen LogP) is 7.50. The highest BCUT2D eigenvalue weighted by molar-refractivity contribution is 5.74. The van der Waals surface area contributed by atoms with E-state index in [4.69, 9.17) is 9.47 Å². The summed E-state index contributed by atoms with van der Waals surface area (Å²) in [6.45, 7) is 3.06. The third kappa shape index (κ3) is 7.99. The fourth-order valence-corrected chi connectivity index (χ4v) is 3.17. The molecule has 3 rings (SSSR count). The number of hydrogen-bond acceptors (Lipinski definition) is 5. The maximum atomic E-state index is 10.7. The Hall–Kier alpha value is -3.47. The van der Waals surface area contributed by atoms with Crippen LogP contribution in [0.3, 0.4) is 0 Å². The summed E-state index contributed by atoms with van der Waals surface area (Å²) < 4.78 is 11.3. The lowest BCUT2D eigenvalue weighted by atomic mass is 10.1. The molecule has 0 radical (unpaired) electrons. The van der Waals surface area contributed by atoms with Crippen LogP contribution in [0, 0.1) is 0 Å². The van der Waals surface area contributed by atoms with E-state index in [0.717, 1.165) is 29.8 Å². The first-order valence-corrected chi connectivity index (χ1v) is 11.2. The van der Waals surface area contributed by atoms with Crippen molar-refractivity contribution < 1.29 is 14.3 Å². The smallest absolute Gasteiger partial charge is 0.150 e. The van der Waals surface area contributed by atoms with Gasteiger partial charge >= 0.3 is 0 Å². The fourth-order valence-electron chi connectivity index (χ4n) is 3.17. The summed E-state index contributed by atoms with van der Waals surface area (Å²) >= 11 is 0. The van der Waals surface area contributed by atoms with Gasteiger partial charge in [0.1, 0.15) is 31.0 Å². The Bertz CT molecular complexity index is 965. The van der Waals surface area contributed by atoms with Gasteiger partial charge in [-0.3, -0.25) is 4.79 Å². The molecule has 0 fully saturated rings. The van der Waals surface area contributed by atoms with Crippen molar-refractivity contribution in [2.45, 2.75) is 39.0 Å². The van der Waals surface area contributed by atoms with Gasteiger partial charge in [-0.25, -0.2) is 0 Å². The van der Waals surface area contributed by atoms with Crippen LogP contribution in [0.1, 0.15) is 48.5 Å². The lowest BCUT2D eigenvalue weighted by Crippen LogP contribution is -2.08. The molecule has 3 aromatic rings. The zero-order valence-electron chi connectivity index (χ0n) is 18.6. The lowest BCUT2D eigenvalue weighted by molar-refractivity contribution is 0.112. The van der Waals surface area contributed by atoms with E-state index in [9.17, 15) is 4.79 Å². The molecule has 3 aromatic carbocycles. The molecule has 0 heterocycles. The number of carbonyl (C=O) groups excluding carboxylic acids is 1. The number of hydrogen-bond donors (Lipinski definition) is 0. The SMILES string of the molecule is CCCCCCc1ccc(N=Nc2ccc(OCCOc3ccc(C=O)cc3)cc2)cc1. The average molecular weight is 431 g/mol. The van der Waals surface area contributed by atoms with Gasteiger partial charge in [-0.1, -0.05) is 38.3 Å². The number of aldehydes is 1. The molecule has 0 amide bonds. The van der Waals surface area contributed by atoms with Gasteiger partial charge in [0.2, 0.25) is 0 Å². The maximum absolute atomic E-state index is 10.7. The van der Waals surface area contributed by atoms with Crippen LogP contribution in [0.2, 0.25) is 0 Å². The summed E-state index contributed by atoms with van der Waals surface area (Å²) in [6.07, 6.45) is 7.03. The van der Waals surface area contributed by atoms with Crippen molar-refractivity contribution in [2.24, 2.45) is 10.2 Å². The van der Waals surface area contributed by atoms with Crippen LogP contribution < -0.4 is 9.47 Å². The van der Waals surface area contributed by atoms with Gasteiger partial charge in [0.25, 0.3) is 0 Å². The zero-order valence-corrected chi connectivity index (χ0v) is 18.6. The minimum Gasteiger partial charge on any atom is -0.490 e. The van der Waals surface area contributed by atoms with Crippen LogP contribution in [-0.2, 0) is 6.42 Å². The van der Waals surface area contributed by atoms with Crippen LogP contribution in [0.4, 0.5) is 11.4 Å². The monoisotopic (exact) mass is 430 g/mol. The largest absolute Gasteiger partial charge is 0.490 e. The molecule has 0 bridgehead atoms. The molecule has 32 heavy (non-hydrogen) atoms. The summed E-state index contributed by atoms with van der Waals surface area (Å²) in [4.78, 5) is 10.7. The highest BCUT2D eigenvalue weighted by atomic mass is 16.5. The molecule has 0 N–H and O–H groups in total. The van der Waals surface area contributed by atoms with Crippen LogP contribution in [0.25, 0.3) is 0 Å². The molecule has 0 saturated carbocycles. The maximum Gasteiger partial charge on any atom is 0.150 e. The van der Waals surface area contributed by atoms with Crippen molar-refractivity contribution in [3.63, 3.8) is 0 Å². The molecule has 0 unspecified atom stereocenters. The van der Waals surface area contributed by atoms with E-state index in [2.05, 4.69) is 29.3 Å². The highest BCUT2D eigenvalue weighted by Crippen LogP contribution is 2.22. The van der Waals surface area contributed by atoms with Gasteiger partial charge in [0, 0.05) is 5.56 Å². The first-order valence-electron chi connectivity index (χ1n) is 11.2. The van der Waals surface area contributed by atoms with Crippen molar-refractivity contribution in [2.75, 3.05) is 13.2 Å². The van der Waals surface area contributed by atoms with Crippen LogP contribution >= 0.6 is 0 Å². The lowest BCUT2D eigenvalue weighted by Gasteiger charge is -2.08. The van der Waals surface area contributed by atoms with Gasteiger partial charge in [-0.15, -0.1) is 0 Å². The highest BCUT2D eigenvalue weighted by Gasteiger charge is 1.99. The Balaban J connectivity index is 1.39. The number of rotatable bonds is 13. The van der Waals surface area contributed by atoms with E-state index in [1.165, 1.54) is 31.2 Å². The Kier molecular flexibility index (Phi) is 9.46. The van der Waals surface area contributed by atoms with Gasteiger partial charge in [0.05, 0.1) is 11.4 Å². The Morgan fingerprint density at radius 3 is 1.75 bits per heavy atom. The minimum absolute atomic E-state index is 0.413. The van der Waals surface area contributed by atoms with E-state index in [0.29, 0.717) is 24.5 Å². The van der Waals surface area contributed by atoms with Crippen molar-refractivity contribution in [1.82, 2.24) is 0 Å². The molecule has 0 aromatic heterocycles. The number of unbranched alkanes of at least 4 members (excludes halogenated alkanes) is 3.